The van der Waals surface area contributed by atoms with Crippen molar-refractivity contribution in [3.8, 4) is 0 Å². The van der Waals surface area contributed by atoms with E-state index >= 15 is 0 Å². The van der Waals surface area contributed by atoms with Gasteiger partial charge in [0.1, 0.15) is 0 Å². The normalized spacial score (nSPS) is 12.6. The molecule has 0 aliphatic carbocycles. The Bertz CT molecular complexity index is 258. The zero-order valence-corrected chi connectivity index (χ0v) is 7.51. The van der Waals surface area contributed by atoms with Crippen molar-refractivity contribution in [3.05, 3.63) is 29.8 Å². The van der Waals surface area contributed by atoms with Crippen molar-refractivity contribution in [1.82, 2.24) is 0 Å². The lowest BCUT2D eigenvalue weighted by Gasteiger charge is -2.08. The van der Waals surface area contributed by atoms with E-state index in [4.69, 9.17) is 15.2 Å². The summed E-state index contributed by atoms with van der Waals surface area (Å²) in [6.07, 6.45) is 0. The van der Waals surface area contributed by atoms with Crippen molar-refractivity contribution in [2.45, 2.75) is 12.8 Å². The van der Waals surface area contributed by atoms with Crippen LogP contribution in [-0.2, 0) is 0 Å². The number of aliphatic hydroxyl groups is 1. The minimum atomic E-state index is -1.42. The number of hydrogen-bond acceptors (Lipinski definition) is 3. The largest absolute Gasteiger partial charge is 0.488 e. The maximum Gasteiger partial charge on any atom is 0.488 e. The van der Waals surface area contributed by atoms with E-state index in [0.29, 0.717) is 5.46 Å². The molecule has 70 valence electrons. The predicted octanol–water partition coefficient (Wildman–Crippen LogP) is -0.538. The van der Waals surface area contributed by atoms with E-state index in [2.05, 4.69) is 0 Å². The number of aliphatic hydroxyl groups excluding tert-OH is 1. The predicted molar refractivity (Wildman–Crippen MR) is 51.8 cm³/mol. The molecule has 1 atom stereocenters. The molecule has 1 aromatic rings. The molecule has 1 aromatic carbocycles. The molecule has 0 aliphatic rings. The van der Waals surface area contributed by atoms with E-state index < -0.39 is 7.12 Å². The summed E-state index contributed by atoms with van der Waals surface area (Å²) in [7, 11) is -1.42. The van der Waals surface area contributed by atoms with Crippen LogP contribution in [0.25, 0.3) is 0 Å². The Kier molecular flexibility index (Phi) is 3.48. The Labute approximate surface area is 77.8 Å². The Morgan fingerprint density at radius 1 is 1.23 bits per heavy atom. The van der Waals surface area contributed by atoms with E-state index in [-0.39, 0.29) is 12.5 Å². The second-order valence-electron chi connectivity index (χ2n) is 3.12. The SMILES string of the molecule is C[C@@H](CO)c1ccc(B(O)O)cc1. The van der Waals surface area contributed by atoms with Gasteiger partial charge < -0.3 is 15.2 Å². The second-order valence-corrected chi connectivity index (χ2v) is 3.12. The molecule has 0 bridgehead atoms. The molecule has 1 rings (SSSR count). The van der Waals surface area contributed by atoms with Crippen molar-refractivity contribution in [3.63, 3.8) is 0 Å². The van der Waals surface area contributed by atoms with Crippen molar-refractivity contribution >= 4 is 12.6 Å². The van der Waals surface area contributed by atoms with E-state index in [1.54, 1.807) is 24.3 Å². The highest BCUT2D eigenvalue weighted by Gasteiger charge is 2.10. The molecule has 3 N–H and O–H groups in total. The Hall–Kier alpha value is -0.835. The summed E-state index contributed by atoms with van der Waals surface area (Å²) in [4.78, 5) is 0. The fraction of sp³-hybridized carbons (Fsp3) is 0.333. The zero-order chi connectivity index (χ0) is 9.84. The van der Waals surface area contributed by atoms with Crippen molar-refractivity contribution in [2.24, 2.45) is 0 Å². The minimum absolute atomic E-state index is 0.0879. The molecule has 0 amide bonds. The molecule has 0 spiro atoms. The quantitative estimate of drug-likeness (QED) is 0.547. The highest BCUT2D eigenvalue weighted by Crippen LogP contribution is 2.12. The molecule has 0 aliphatic heterocycles. The summed E-state index contributed by atoms with van der Waals surface area (Å²) in [6.45, 7) is 2.01. The summed E-state index contributed by atoms with van der Waals surface area (Å²) >= 11 is 0. The van der Waals surface area contributed by atoms with Gasteiger partial charge in [0, 0.05) is 12.5 Å². The minimum Gasteiger partial charge on any atom is -0.423 e. The lowest BCUT2D eigenvalue weighted by atomic mass is 9.79. The average molecular weight is 180 g/mol. The maximum atomic E-state index is 8.87. The van der Waals surface area contributed by atoms with Crippen LogP contribution in [0.15, 0.2) is 24.3 Å². The van der Waals surface area contributed by atoms with Gasteiger partial charge >= 0.3 is 7.12 Å². The van der Waals surface area contributed by atoms with Gasteiger partial charge in [0.2, 0.25) is 0 Å². The highest BCUT2D eigenvalue weighted by molar-refractivity contribution is 6.58. The van der Waals surface area contributed by atoms with Crippen LogP contribution in [-0.4, -0.2) is 28.9 Å². The lowest BCUT2D eigenvalue weighted by Crippen LogP contribution is -2.29. The van der Waals surface area contributed by atoms with Gasteiger partial charge in [0.25, 0.3) is 0 Å². The first-order chi connectivity index (χ1) is 6.15. The molecular formula is C9H13BO3. The van der Waals surface area contributed by atoms with Crippen LogP contribution >= 0.6 is 0 Å². The summed E-state index contributed by atoms with van der Waals surface area (Å²) < 4.78 is 0. The fourth-order valence-corrected chi connectivity index (χ4v) is 1.10. The smallest absolute Gasteiger partial charge is 0.423 e. The molecule has 3 nitrogen and oxygen atoms in total. The van der Waals surface area contributed by atoms with Gasteiger partial charge in [-0.15, -0.1) is 0 Å². The summed E-state index contributed by atoms with van der Waals surface area (Å²) in [6, 6.07) is 6.86. The van der Waals surface area contributed by atoms with Crippen LogP contribution in [0.2, 0.25) is 0 Å². The zero-order valence-electron chi connectivity index (χ0n) is 7.51. The van der Waals surface area contributed by atoms with Crippen LogP contribution in [0.3, 0.4) is 0 Å². The van der Waals surface area contributed by atoms with Gasteiger partial charge in [-0.2, -0.15) is 0 Å². The molecule has 0 aromatic heterocycles. The van der Waals surface area contributed by atoms with Gasteiger partial charge in [-0.3, -0.25) is 0 Å². The molecule has 0 radical (unpaired) electrons. The van der Waals surface area contributed by atoms with Gasteiger partial charge in [-0.1, -0.05) is 31.2 Å². The van der Waals surface area contributed by atoms with Crippen molar-refractivity contribution in [2.75, 3.05) is 6.61 Å². The lowest BCUT2D eigenvalue weighted by molar-refractivity contribution is 0.273. The van der Waals surface area contributed by atoms with Crippen LogP contribution in [0.1, 0.15) is 18.4 Å². The van der Waals surface area contributed by atoms with Crippen LogP contribution in [0.5, 0.6) is 0 Å². The molecule has 13 heavy (non-hydrogen) atoms. The summed E-state index contributed by atoms with van der Waals surface area (Å²) in [5, 5.41) is 26.5. The van der Waals surface area contributed by atoms with Gasteiger partial charge in [0.05, 0.1) is 0 Å². The summed E-state index contributed by atoms with van der Waals surface area (Å²) in [5.74, 6) is 0.0879. The summed E-state index contributed by atoms with van der Waals surface area (Å²) in [5.41, 5.74) is 1.46. The van der Waals surface area contributed by atoms with E-state index in [1.807, 2.05) is 6.92 Å². The molecule has 0 heterocycles. The van der Waals surface area contributed by atoms with E-state index in [1.165, 1.54) is 0 Å². The third-order valence-corrected chi connectivity index (χ3v) is 2.08. The number of hydrogen-bond donors (Lipinski definition) is 3. The molecule has 0 unspecified atom stereocenters. The van der Waals surface area contributed by atoms with Crippen LogP contribution in [0, 0.1) is 0 Å². The van der Waals surface area contributed by atoms with Gasteiger partial charge in [-0.05, 0) is 11.0 Å². The van der Waals surface area contributed by atoms with Crippen LogP contribution < -0.4 is 5.46 Å². The maximum absolute atomic E-state index is 8.87. The third kappa shape index (κ3) is 2.55. The van der Waals surface area contributed by atoms with E-state index in [0.717, 1.165) is 5.56 Å². The Morgan fingerprint density at radius 2 is 1.77 bits per heavy atom. The average Bonchev–Trinajstić information content (AvgIpc) is 2.17. The molecule has 0 fully saturated rings. The first-order valence-corrected chi connectivity index (χ1v) is 4.22. The molecule has 0 saturated heterocycles. The van der Waals surface area contributed by atoms with E-state index in [9.17, 15) is 0 Å². The van der Waals surface area contributed by atoms with Gasteiger partial charge in [-0.25, -0.2) is 0 Å². The highest BCUT2D eigenvalue weighted by atomic mass is 16.4. The van der Waals surface area contributed by atoms with Crippen LogP contribution in [0.4, 0.5) is 0 Å². The monoisotopic (exact) mass is 180 g/mol. The number of benzene rings is 1. The Balaban J connectivity index is 2.81. The fourth-order valence-electron chi connectivity index (χ4n) is 1.10. The van der Waals surface area contributed by atoms with Gasteiger partial charge in [0.15, 0.2) is 0 Å². The number of rotatable bonds is 3. The standard InChI is InChI=1S/C9H13BO3/c1-7(6-11)8-2-4-9(5-3-8)10(12)13/h2-5,7,11-13H,6H2,1H3/t7-/m0/s1. The first kappa shape index (κ1) is 10.2. The second kappa shape index (κ2) is 4.41. The van der Waals surface area contributed by atoms with Crippen molar-refractivity contribution < 1.29 is 15.2 Å². The molecular weight excluding hydrogens is 167 g/mol. The molecule has 0 saturated carbocycles. The molecule has 4 heteroatoms. The Morgan fingerprint density at radius 3 is 2.15 bits per heavy atom. The van der Waals surface area contributed by atoms with Crippen molar-refractivity contribution in [1.29, 1.82) is 0 Å². The first-order valence-electron chi connectivity index (χ1n) is 4.22. The topological polar surface area (TPSA) is 60.7 Å². The third-order valence-electron chi connectivity index (χ3n) is 2.08.